The van der Waals surface area contributed by atoms with E-state index in [1.54, 1.807) is 7.11 Å². The third-order valence-electron chi connectivity index (χ3n) is 3.09. The van der Waals surface area contributed by atoms with Crippen LogP contribution in [0.15, 0.2) is 54.6 Å². The topological polar surface area (TPSA) is 67.5 Å². The second kappa shape index (κ2) is 9.54. The van der Waals surface area contributed by atoms with Gasteiger partial charge in [-0.25, -0.2) is 0 Å². The van der Waals surface area contributed by atoms with Crippen LogP contribution < -0.4 is 15.8 Å². The summed E-state index contributed by atoms with van der Waals surface area (Å²) in [5.74, 6) is -0.676. The molecule has 0 bridgehead atoms. The van der Waals surface area contributed by atoms with E-state index >= 15 is 0 Å². The number of hydrogen-bond acceptors (Lipinski definition) is 4. The molecule has 122 valence electrons. The zero-order chi connectivity index (χ0) is 14.4. The molecule has 0 aliphatic carbocycles. The Kier molecular flexibility index (Phi) is 8.90. The van der Waals surface area contributed by atoms with Crippen molar-refractivity contribution in [3.63, 3.8) is 0 Å². The molecule has 4 nitrogen and oxygen atoms in total. The van der Waals surface area contributed by atoms with Crippen molar-refractivity contribution in [2.45, 2.75) is 18.7 Å². The first-order valence-electron chi connectivity index (χ1n) is 6.56. The van der Waals surface area contributed by atoms with Crippen LogP contribution in [0.25, 0.3) is 0 Å². The normalized spacial score (nSPS) is 12.3. The monoisotopic (exact) mass is 344 g/mol. The van der Waals surface area contributed by atoms with Crippen LogP contribution in [0.1, 0.15) is 12.0 Å². The van der Waals surface area contributed by atoms with E-state index in [9.17, 15) is 5.11 Å². The first kappa shape index (κ1) is 20.5. The number of ether oxygens (including phenoxy) is 1. The summed E-state index contributed by atoms with van der Waals surface area (Å²) in [7, 11) is 1.61. The van der Waals surface area contributed by atoms with Crippen molar-refractivity contribution in [3.05, 3.63) is 60.2 Å². The number of benzene rings is 2. The number of methoxy groups -OCH3 is 1. The second-order valence-corrected chi connectivity index (χ2v) is 4.76. The van der Waals surface area contributed by atoms with Gasteiger partial charge < -0.3 is 15.2 Å². The van der Waals surface area contributed by atoms with Crippen LogP contribution in [0.4, 0.5) is 5.69 Å². The maximum atomic E-state index is 10.2. The van der Waals surface area contributed by atoms with Gasteiger partial charge in [0.25, 0.3) is 0 Å². The Morgan fingerprint density at radius 1 is 1.05 bits per heavy atom. The Balaban J connectivity index is 0.00000220. The van der Waals surface area contributed by atoms with Gasteiger partial charge in [-0.2, -0.15) is 0 Å². The first-order chi connectivity index (χ1) is 9.59. The molecule has 2 aromatic carbocycles. The zero-order valence-electron chi connectivity index (χ0n) is 12.4. The van der Waals surface area contributed by atoms with Gasteiger partial charge in [0.15, 0.2) is 5.85 Å². The predicted molar refractivity (Wildman–Crippen MR) is 95.0 cm³/mol. The number of halogens is 2. The van der Waals surface area contributed by atoms with Gasteiger partial charge >= 0.3 is 0 Å². The summed E-state index contributed by atoms with van der Waals surface area (Å²) in [6.45, 7) is 0. The molecular formula is C16H22Cl2N2O2. The van der Waals surface area contributed by atoms with Gasteiger partial charge in [0.2, 0.25) is 0 Å². The summed E-state index contributed by atoms with van der Waals surface area (Å²) >= 11 is 0. The minimum atomic E-state index is -1.44. The number of anilines is 1. The molecule has 0 radical (unpaired) electrons. The van der Waals surface area contributed by atoms with Crippen LogP contribution >= 0.6 is 24.8 Å². The van der Waals surface area contributed by atoms with Gasteiger partial charge in [0.05, 0.1) is 7.11 Å². The molecule has 6 heteroatoms. The Morgan fingerprint density at radius 3 is 2.18 bits per heavy atom. The summed E-state index contributed by atoms with van der Waals surface area (Å²) < 4.78 is 5.08. The van der Waals surface area contributed by atoms with Crippen molar-refractivity contribution in [1.29, 1.82) is 0 Å². The van der Waals surface area contributed by atoms with E-state index in [1.165, 1.54) is 0 Å². The molecule has 1 atom stereocenters. The first-order valence-corrected chi connectivity index (χ1v) is 6.56. The number of hydrogen-bond donors (Lipinski definition) is 3. The number of nitrogens with two attached hydrogens (primary N) is 1. The van der Waals surface area contributed by atoms with Crippen molar-refractivity contribution < 1.29 is 9.84 Å². The van der Waals surface area contributed by atoms with E-state index in [2.05, 4.69) is 5.32 Å². The van der Waals surface area contributed by atoms with Crippen LogP contribution in [-0.4, -0.2) is 18.1 Å². The lowest BCUT2D eigenvalue weighted by Gasteiger charge is -2.25. The predicted octanol–water partition coefficient (Wildman–Crippen LogP) is 3.19. The largest absolute Gasteiger partial charge is 0.497 e. The fourth-order valence-electron chi connectivity index (χ4n) is 1.97. The minimum absolute atomic E-state index is 0. The summed E-state index contributed by atoms with van der Waals surface area (Å²) in [4.78, 5) is 0. The molecule has 0 heterocycles. The van der Waals surface area contributed by atoms with E-state index in [1.807, 2.05) is 54.6 Å². The number of nitrogens with one attached hydrogen (secondary N) is 1. The molecular weight excluding hydrogens is 323 g/mol. The molecule has 2 rings (SSSR count). The lowest BCUT2D eigenvalue weighted by atomic mass is 10.1. The highest BCUT2D eigenvalue weighted by Gasteiger charge is 2.20. The van der Waals surface area contributed by atoms with Crippen molar-refractivity contribution in [2.24, 2.45) is 5.73 Å². The van der Waals surface area contributed by atoms with Crippen LogP contribution in [0.3, 0.4) is 0 Å². The molecule has 22 heavy (non-hydrogen) atoms. The Morgan fingerprint density at radius 2 is 1.64 bits per heavy atom. The van der Waals surface area contributed by atoms with Crippen LogP contribution in [0.2, 0.25) is 0 Å². The van der Waals surface area contributed by atoms with Crippen molar-refractivity contribution in [1.82, 2.24) is 0 Å². The average Bonchev–Trinajstić information content (AvgIpc) is 2.47. The van der Waals surface area contributed by atoms with Gasteiger partial charge in [-0.15, -0.1) is 24.8 Å². The SMILES string of the molecule is COc1ccc(NC(N)(O)CCc2ccccc2)cc1.Cl.Cl. The third-order valence-corrected chi connectivity index (χ3v) is 3.09. The van der Waals surface area contributed by atoms with E-state index in [0.717, 1.165) is 17.0 Å². The summed E-state index contributed by atoms with van der Waals surface area (Å²) in [5, 5.41) is 13.1. The maximum Gasteiger partial charge on any atom is 0.190 e. The van der Waals surface area contributed by atoms with Gasteiger partial charge in [-0.1, -0.05) is 30.3 Å². The Labute approximate surface area is 143 Å². The molecule has 0 fully saturated rings. The highest BCUT2D eigenvalue weighted by atomic mass is 35.5. The molecule has 0 aliphatic rings. The fraction of sp³-hybridized carbons (Fsp3) is 0.250. The molecule has 4 N–H and O–H groups in total. The lowest BCUT2D eigenvalue weighted by molar-refractivity contribution is 0.0680. The molecule has 1 unspecified atom stereocenters. The van der Waals surface area contributed by atoms with Crippen LogP contribution in [0.5, 0.6) is 5.75 Å². The fourth-order valence-corrected chi connectivity index (χ4v) is 1.97. The summed E-state index contributed by atoms with van der Waals surface area (Å²) in [5.41, 5.74) is 7.78. The quantitative estimate of drug-likeness (QED) is 0.704. The molecule has 0 aliphatic heterocycles. The standard InChI is InChI=1S/C16H20N2O2.2ClH/c1-20-15-9-7-14(8-10-15)18-16(17,19)12-11-13-5-3-2-4-6-13;;/h2-10,18-19H,11-12,17H2,1H3;2*1H. The van der Waals surface area contributed by atoms with Gasteiger partial charge in [-0.3, -0.25) is 5.73 Å². The second-order valence-electron chi connectivity index (χ2n) is 4.76. The average molecular weight is 345 g/mol. The summed E-state index contributed by atoms with van der Waals surface area (Å²) in [6, 6.07) is 17.2. The van der Waals surface area contributed by atoms with Crippen molar-refractivity contribution >= 4 is 30.5 Å². The van der Waals surface area contributed by atoms with Crippen molar-refractivity contribution in [3.8, 4) is 5.75 Å². The molecule has 0 spiro atoms. The zero-order valence-corrected chi connectivity index (χ0v) is 14.0. The number of aliphatic hydroxyl groups is 1. The van der Waals surface area contributed by atoms with E-state index in [0.29, 0.717) is 12.8 Å². The molecule has 2 aromatic rings. The Bertz CT molecular complexity index is 534. The smallest absolute Gasteiger partial charge is 0.190 e. The molecule has 0 saturated heterocycles. The minimum Gasteiger partial charge on any atom is -0.497 e. The molecule has 0 amide bonds. The lowest BCUT2D eigenvalue weighted by Crippen LogP contribution is -2.47. The van der Waals surface area contributed by atoms with Crippen LogP contribution in [-0.2, 0) is 6.42 Å². The van der Waals surface area contributed by atoms with Crippen molar-refractivity contribution in [2.75, 3.05) is 12.4 Å². The number of aryl methyl sites for hydroxylation is 1. The number of rotatable bonds is 6. The van der Waals surface area contributed by atoms with E-state index in [4.69, 9.17) is 10.5 Å². The molecule has 0 saturated carbocycles. The van der Waals surface area contributed by atoms with Gasteiger partial charge in [-0.05, 0) is 36.2 Å². The highest BCUT2D eigenvalue weighted by molar-refractivity contribution is 5.85. The van der Waals surface area contributed by atoms with Crippen LogP contribution in [0, 0.1) is 0 Å². The molecule has 0 aromatic heterocycles. The third kappa shape index (κ3) is 6.54. The maximum absolute atomic E-state index is 10.2. The van der Waals surface area contributed by atoms with E-state index < -0.39 is 5.85 Å². The van der Waals surface area contributed by atoms with E-state index in [-0.39, 0.29) is 24.8 Å². The Hall–Kier alpha value is -1.46. The highest BCUT2D eigenvalue weighted by Crippen LogP contribution is 2.18. The summed E-state index contributed by atoms with van der Waals surface area (Å²) in [6.07, 6.45) is 1.13. The van der Waals surface area contributed by atoms with Gasteiger partial charge in [0, 0.05) is 12.1 Å². The van der Waals surface area contributed by atoms with Gasteiger partial charge in [0.1, 0.15) is 5.75 Å².